The largest absolute Gasteiger partial charge is 0.479 e. The van der Waals surface area contributed by atoms with E-state index >= 15 is 0 Å². The molecule has 124 valence electrons. The molecular weight excluding hydrogens is 306 g/mol. The molecule has 0 saturated carbocycles. The highest BCUT2D eigenvalue weighted by atomic mass is 32.1. The van der Waals surface area contributed by atoms with Crippen LogP contribution in [0.3, 0.4) is 0 Å². The minimum atomic E-state index is 0.358. The molecule has 2 aliphatic heterocycles. The van der Waals surface area contributed by atoms with E-state index in [0.29, 0.717) is 12.1 Å². The van der Waals surface area contributed by atoms with Crippen molar-refractivity contribution in [3.05, 3.63) is 34.8 Å². The average Bonchev–Trinajstić information content (AvgIpc) is 3.26. The quantitative estimate of drug-likeness (QED) is 0.930. The Labute approximate surface area is 142 Å². The normalized spacial score (nSPS) is 21.9. The van der Waals surface area contributed by atoms with Gasteiger partial charge in [-0.25, -0.2) is 0 Å². The van der Waals surface area contributed by atoms with Crippen LogP contribution in [-0.2, 0) is 13.0 Å². The van der Waals surface area contributed by atoms with Crippen molar-refractivity contribution in [2.45, 2.75) is 45.4 Å². The molecule has 4 heterocycles. The number of rotatable bonds is 4. The third-order valence-corrected chi connectivity index (χ3v) is 6.08. The van der Waals surface area contributed by atoms with Gasteiger partial charge in [-0.3, -0.25) is 4.90 Å². The van der Waals surface area contributed by atoms with Gasteiger partial charge in [0.1, 0.15) is 11.9 Å². The summed E-state index contributed by atoms with van der Waals surface area (Å²) in [6, 6.07) is 7.10. The van der Waals surface area contributed by atoms with Gasteiger partial charge in [0.05, 0.1) is 0 Å². The first-order valence-corrected chi connectivity index (χ1v) is 9.41. The van der Waals surface area contributed by atoms with Gasteiger partial charge in [-0.05, 0) is 50.5 Å². The Kier molecular flexibility index (Phi) is 4.07. The number of ether oxygens (including phenoxy) is 1. The predicted molar refractivity (Wildman–Crippen MR) is 95.6 cm³/mol. The van der Waals surface area contributed by atoms with Crippen molar-refractivity contribution < 1.29 is 4.74 Å². The van der Waals surface area contributed by atoms with Crippen LogP contribution in [0, 0.1) is 0 Å². The SMILES string of the molecule is CC(C)N1CCC(Oc2cc3c(s2)CCN(c2ccc[nH]2)C3)C1. The molecule has 1 saturated heterocycles. The summed E-state index contributed by atoms with van der Waals surface area (Å²) in [4.78, 5) is 9.73. The number of hydrogen-bond acceptors (Lipinski definition) is 4. The molecule has 23 heavy (non-hydrogen) atoms. The highest BCUT2D eigenvalue weighted by Crippen LogP contribution is 2.35. The van der Waals surface area contributed by atoms with Crippen LogP contribution in [0.5, 0.6) is 5.06 Å². The van der Waals surface area contributed by atoms with Gasteiger partial charge in [0.15, 0.2) is 5.06 Å². The molecule has 4 rings (SSSR count). The van der Waals surface area contributed by atoms with Crippen LogP contribution in [0.25, 0.3) is 0 Å². The first-order chi connectivity index (χ1) is 11.2. The Hall–Kier alpha value is -1.46. The molecule has 1 atom stereocenters. The van der Waals surface area contributed by atoms with Crippen molar-refractivity contribution in [1.82, 2.24) is 9.88 Å². The fraction of sp³-hybridized carbons (Fsp3) is 0.556. The van der Waals surface area contributed by atoms with E-state index in [9.17, 15) is 0 Å². The standard InChI is InChI=1S/C18H25N3OS/c1-13(2)20-8-5-15(12-20)22-18-10-14-11-21(9-6-16(14)23-18)17-4-3-7-19-17/h3-4,7,10,13,15,19H,5-6,8-9,11-12H2,1-2H3. The van der Waals surface area contributed by atoms with Crippen LogP contribution in [0.4, 0.5) is 5.82 Å². The number of aromatic nitrogens is 1. The smallest absolute Gasteiger partial charge is 0.174 e. The molecular formula is C18H25N3OS. The van der Waals surface area contributed by atoms with Gasteiger partial charge in [-0.1, -0.05) is 0 Å². The third-order valence-electron chi connectivity index (χ3n) is 4.96. The lowest BCUT2D eigenvalue weighted by atomic mass is 10.1. The number of nitrogens with zero attached hydrogens (tertiary/aromatic N) is 2. The fourth-order valence-electron chi connectivity index (χ4n) is 3.57. The summed E-state index contributed by atoms with van der Waals surface area (Å²) in [6.07, 6.45) is 4.62. The highest BCUT2D eigenvalue weighted by Gasteiger charge is 2.27. The first kappa shape index (κ1) is 15.1. The monoisotopic (exact) mass is 331 g/mol. The first-order valence-electron chi connectivity index (χ1n) is 8.59. The molecule has 1 fully saturated rings. The summed E-state index contributed by atoms with van der Waals surface area (Å²) >= 11 is 1.85. The average molecular weight is 331 g/mol. The lowest BCUT2D eigenvalue weighted by Crippen LogP contribution is -2.30. The van der Waals surface area contributed by atoms with Crippen LogP contribution in [-0.4, -0.2) is 41.7 Å². The number of thiophene rings is 1. The summed E-state index contributed by atoms with van der Waals surface area (Å²) in [5, 5.41) is 1.11. The number of fused-ring (bicyclic) bond motifs is 1. The minimum absolute atomic E-state index is 0.358. The van der Waals surface area contributed by atoms with Crippen LogP contribution in [0.2, 0.25) is 0 Å². The maximum Gasteiger partial charge on any atom is 0.174 e. The fourth-order valence-corrected chi connectivity index (χ4v) is 4.65. The molecule has 0 spiro atoms. The zero-order chi connectivity index (χ0) is 15.8. The van der Waals surface area contributed by atoms with Crippen LogP contribution >= 0.6 is 11.3 Å². The van der Waals surface area contributed by atoms with E-state index in [0.717, 1.165) is 44.1 Å². The van der Waals surface area contributed by atoms with E-state index in [4.69, 9.17) is 4.74 Å². The minimum Gasteiger partial charge on any atom is -0.479 e. The van der Waals surface area contributed by atoms with Crippen molar-refractivity contribution in [2.24, 2.45) is 0 Å². The Morgan fingerprint density at radius 3 is 3.00 bits per heavy atom. The van der Waals surface area contributed by atoms with Crippen molar-refractivity contribution in [2.75, 3.05) is 24.5 Å². The zero-order valence-electron chi connectivity index (χ0n) is 13.9. The lowest BCUT2D eigenvalue weighted by Gasteiger charge is -2.27. The van der Waals surface area contributed by atoms with Crippen LogP contribution in [0.15, 0.2) is 24.4 Å². The van der Waals surface area contributed by atoms with Gasteiger partial charge in [0.2, 0.25) is 0 Å². The van der Waals surface area contributed by atoms with Gasteiger partial charge >= 0.3 is 0 Å². The summed E-state index contributed by atoms with van der Waals surface area (Å²) in [6.45, 7) is 8.82. The maximum absolute atomic E-state index is 6.28. The van der Waals surface area contributed by atoms with Crippen molar-refractivity contribution in [1.29, 1.82) is 0 Å². The van der Waals surface area contributed by atoms with E-state index in [1.807, 2.05) is 17.5 Å². The zero-order valence-corrected chi connectivity index (χ0v) is 14.7. The van der Waals surface area contributed by atoms with Gasteiger partial charge in [-0.2, -0.15) is 0 Å². The predicted octanol–water partition coefficient (Wildman–Crippen LogP) is 3.50. The molecule has 2 aromatic heterocycles. The number of aromatic amines is 1. The molecule has 1 unspecified atom stereocenters. The number of likely N-dealkylation sites (tertiary alicyclic amines) is 1. The molecule has 0 radical (unpaired) electrons. The Morgan fingerprint density at radius 1 is 1.35 bits per heavy atom. The van der Waals surface area contributed by atoms with Gasteiger partial charge in [0, 0.05) is 43.3 Å². The maximum atomic E-state index is 6.28. The second-order valence-corrected chi connectivity index (χ2v) is 7.96. The van der Waals surface area contributed by atoms with E-state index in [-0.39, 0.29) is 0 Å². The molecule has 0 bridgehead atoms. The van der Waals surface area contributed by atoms with E-state index in [1.54, 1.807) is 0 Å². The van der Waals surface area contributed by atoms with Crippen molar-refractivity contribution >= 4 is 17.2 Å². The molecule has 2 aliphatic rings. The second-order valence-electron chi connectivity index (χ2n) is 6.86. The second kappa shape index (κ2) is 6.21. The summed E-state index contributed by atoms with van der Waals surface area (Å²) in [7, 11) is 0. The number of nitrogens with one attached hydrogen (secondary N) is 1. The Balaban J connectivity index is 1.41. The van der Waals surface area contributed by atoms with E-state index < -0.39 is 0 Å². The van der Waals surface area contributed by atoms with Crippen LogP contribution in [0.1, 0.15) is 30.7 Å². The van der Waals surface area contributed by atoms with Crippen molar-refractivity contribution in [3.63, 3.8) is 0 Å². The molecule has 2 aromatic rings. The van der Waals surface area contributed by atoms with Crippen LogP contribution < -0.4 is 9.64 Å². The summed E-state index contributed by atoms with van der Waals surface area (Å²) in [5.74, 6) is 1.22. The molecule has 5 heteroatoms. The third kappa shape index (κ3) is 3.12. The van der Waals surface area contributed by atoms with Crippen molar-refractivity contribution in [3.8, 4) is 5.06 Å². The number of H-pyrrole nitrogens is 1. The van der Waals surface area contributed by atoms with Gasteiger partial charge in [0.25, 0.3) is 0 Å². The van der Waals surface area contributed by atoms with Gasteiger partial charge < -0.3 is 14.6 Å². The molecule has 0 amide bonds. The van der Waals surface area contributed by atoms with E-state index in [1.165, 1.54) is 16.3 Å². The Bertz CT molecular complexity index is 649. The molecule has 1 N–H and O–H groups in total. The highest BCUT2D eigenvalue weighted by molar-refractivity contribution is 7.14. The topological polar surface area (TPSA) is 31.5 Å². The summed E-state index contributed by atoms with van der Waals surface area (Å²) in [5.41, 5.74) is 1.43. The number of hydrogen-bond donors (Lipinski definition) is 1. The van der Waals surface area contributed by atoms with E-state index in [2.05, 4.69) is 46.8 Å². The molecule has 0 aliphatic carbocycles. The lowest BCUT2D eigenvalue weighted by molar-refractivity contribution is 0.192. The molecule has 4 nitrogen and oxygen atoms in total. The summed E-state index contributed by atoms with van der Waals surface area (Å²) < 4.78 is 6.28. The Morgan fingerprint density at radius 2 is 2.26 bits per heavy atom. The number of anilines is 1. The van der Waals surface area contributed by atoms with Gasteiger partial charge in [-0.15, -0.1) is 11.3 Å². The molecule has 0 aromatic carbocycles.